The molecule has 1 N–H and O–H groups in total. The van der Waals surface area contributed by atoms with Gasteiger partial charge < -0.3 is 9.84 Å². The van der Waals surface area contributed by atoms with E-state index in [1.165, 1.54) is 25.7 Å². The van der Waals surface area contributed by atoms with Crippen molar-refractivity contribution in [3.63, 3.8) is 0 Å². The zero-order valence-electron chi connectivity index (χ0n) is 13.0. The van der Waals surface area contributed by atoms with Crippen LogP contribution in [0.5, 0.6) is 0 Å². The monoisotopic (exact) mass is 256 g/mol. The molecule has 0 aromatic carbocycles. The second-order valence-corrected chi connectivity index (χ2v) is 6.20. The summed E-state index contributed by atoms with van der Waals surface area (Å²) in [5, 5.41) is 10.2. The first-order valence-electron chi connectivity index (χ1n) is 7.24. The van der Waals surface area contributed by atoms with Gasteiger partial charge in [-0.15, -0.1) is 0 Å². The van der Waals surface area contributed by atoms with E-state index in [1.807, 2.05) is 0 Å². The summed E-state index contributed by atoms with van der Waals surface area (Å²) in [4.78, 5) is 0. The Morgan fingerprint density at radius 3 is 2.17 bits per heavy atom. The average Bonchev–Trinajstić information content (AvgIpc) is 2.28. The number of ether oxygens (including phenoxy) is 1. The summed E-state index contributed by atoms with van der Waals surface area (Å²) in [5.41, 5.74) is 0.954. The maximum absolute atomic E-state index is 10.2. The van der Waals surface area contributed by atoms with Crippen LogP contribution in [0.3, 0.4) is 0 Å². The Hall–Kier alpha value is -0.340. The van der Waals surface area contributed by atoms with Crippen molar-refractivity contribution in [1.29, 1.82) is 0 Å². The number of hydrogen-bond acceptors (Lipinski definition) is 2. The first-order chi connectivity index (χ1) is 8.34. The minimum Gasteiger partial charge on any atom is -0.390 e. The van der Waals surface area contributed by atoms with Crippen molar-refractivity contribution < 1.29 is 9.84 Å². The molecule has 0 rings (SSSR count). The first-order valence-corrected chi connectivity index (χ1v) is 7.24. The highest BCUT2D eigenvalue weighted by atomic mass is 16.5. The minimum atomic E-state index is -0.427. The van der Waals surface area contributed by atoms with Gasteiger partial charge in [0, 0.05) is 7.11 Å². The van der Waals surface area contributed by atoms with Crippen molar-refractivity contribution in [2.45, 2.75) is 78.4 Å². The minimum absolute atomic E-state index is 0.0239. The van der Waals surface area contributed by atoms with E-state index >= 15 is 0 Å². The molecule has 0 unspecified atom stereocenters. The number of methoxy groups -OCH3 is 1. The van der Waals surface area contributed by atoms with Crippen LogP contribution in [-0.4, -0.2) is 24.4 Å². The lowest BCUT2D eigenvalue weighted by atomic mass is 9.82. The van der Waals surface area contributed by atoms with Gasteiger partial charge >= 0.3 is 0 Å². The van der Waals surface area contributed by atoms with Crippen molar-refractivity contribution in [3.8, 4) is 0 Å². The Kier molecular flexibility index (Phi) is 8.54. The average molecular weight is 256 g/mol. The smallest absolute Gasteiger partial charge is 0.104 e. The van der Waals surface area contributed by atoms with E-state index in [-0.39, 0.29) is 11.5 Å². The van der Waals surface area contributed by atoms with Crippen LogP contribution in [0.25, 0.3) is 0 Å². The van der Waals surface area contributed by atoms with Gasteiger partial charge in [-0.3, -0.25) is 0 Å². The third-order valence-corrected chi connectivity index (χ3v) is 3.51. The van der Waals surface area contributed by atoms with E-state index in [2.05, 4.69) is 34.3 Å². The van der Waals surface area contributed by atoms with E-state index in [0.29, 0.717) is 0 Å². The highest BCUT2D eigenvalue weighted by Crippen LogP contribution is 2.30. The SMILES string of the molecule is C=C([C@H](OC)[C@H](O)CCCCCCC)C(C)(C)C. The first kappa shape index (κ1) is 17.7. The summed E-state index contributed by atoms with van der Waals surface area (Å²) >= 11 is 0. The molecule has 0 saturated heterocycles. The molecule has 0 heterocycles. The summed E-state index contributed by atoms with van der Waals surface area (Å²) in [6.07, 6.45) is 6.21. The second-order valence-electron chi connectivity index (χ2n) is 6.20. The van der Waals surface area contributed by atoms with Gasteiger partial charge in [0.25, 0.3) is 0 Å². The van der Waals surface area contributed by atoms with Crippen LogP contribution in [-0.2, 0) is 4.74 Å². The van der Waals surface area contributed by atoms with Gasteiger partial charge in [0.05, 0.1) is 6.10 Å². The Bertz CT molecular complexity index is 228. The second kappa shape index (κ2) is 8.71. The molecular formula is C16H32O2. The predicted octanol–water partition coefficient (Wildman–Crippen LogP) is 4.33. The summed E-state index contributed by atoms with van der Waals surface area (Å²) in [6, 6.07) is 0. The lowest BCUT2D eigenvalue weighted by molar-refractivity contribution is -0.00364. The molecule has 0 aliphatic carbocycles. The molecule has 2 nitrogen and oxygen atoms in total. The quantitative estimate of drug-likeness (QED) is 0.491. The van der Waals surface area contributed by atoms with Gasteiger partial charge in [0.1, 0.15) is 6.10 Å². The lowest BCUT2D eigenvalue weighted by Gasteiger charge is -2.31. The van der Waals surface area contributed by atoms with E-state index in [1.54, 1.807) is 7.11 Å². The fraction of sp³-hybridized carbons (Fsp3) is 0.875. The molecule has 0 aromatic heterocycles. The van der Waals surface area contributed by atoms with Crippen molar-refractivity contribution in [2.75, 3.05) is 7.11 Å². The third-order valence-electron chi connectivity index (χ3n) is 3.51. The van der Waals surface area contributed by atoms with Crippen LogP contribution in [0.4, 0.5) is 0 Å². The number of aliphatic hydroxyl groups excluding tert-OH is 1. The van der Waals surface area contributed by atoms with Gasteiger partial charge in [-0.25, -0.2) is 0 Å². The van der Waals surface area contributed by atoms with Crippen LogP contribution in [0, 0.1) is 5.41 Å². The van der Waals surface area contributed by atoms with E-state index in [0.717, 1.165) is 18.4 Å². The maximum atomic E-state index is 10.2. The van der Waals surface area contributed by atoms with Gasteiger partial charge in [0.2, 0.25) is 0 Å². The van der Waals surface area contributed by atoms with Crippen molar-refractivity contribution in [3.05, 3.63) is 12.2 Å². The lowest BCUT2D eigenvalue weighted by Crippen LogP contribution is -2.34. The largest absolute Gasteiger partial charge is 0.390 e. The van der Waals surface area contributed by atoms with Crippen LogP contribution < -0.4 is 0 Å². The summed E-state index contributed by atoms with van der Waals surface area (Å²) in [5.74, 6) is 0. The van der Waals surface area contributed by atoms with Gasteiger partial charge in [-0.1, -0.05) is 66.4 Å². The molecule has 108 valence electrons. The van der Waals surface area contributed by atoms with Crippen LogP contribution in [0.1, 0.15) is 66.2 Å². The normalized spacial score (nSPS) is 15.4. The maximum Gasteiger partial charge on any atom is 0.104 e. The van der Waals surface area contributed by atoms with Gasteiger partial charge in [-0.05, 0) is 17.4 Å². The number of rotatable bonds is 9. The van der Waals surface area contributed by atoms with Crippen molar-refractivity contribution in [1.82, 2.24) is 0 Å². The fourth-order valence-electron chi connectivity index (χ4n) is 2.07. The van der Waals surface area contributed by atoms with Gasteiger partial charge in [0.15, 0.2) is 0 Å². The molecule has 0 aromatic rings. The molecule has 0 spiro atoms. The van der Waals surface area contributed by atoms with Gasteiger partial charge in [-0.2, -0.15) is 0 Å². The number of hydrogen-bond donors (Lipinski definition) is 1. The fourth-order valence-corrected chi connectivity index (χ4v) is 2.07. The van der Waals surface area contributed by atoms with E-state index in [4.69, 9.17) is 4.74 Å². The molecule has 0 aliphatic rings. The molecule has 0 aliphatic heterocycles. The standard InChI is InChI=1S/C16H32O2/c1-7-8-9-10-11-12-14(17)15(18-6)13(2)16(3,4)5/h14-15,17H,2,7-12H2,1,3-6H3/t14-,15+/m1/s1. The number of aliphatic hydroxyl groups is 1. The summed E-state index contributed by atoms with van der Waals surface area (Å²) in [7, 11) is 1.65. The summed E-state index contributed by atoms with van der Waals surface area (Å²) in [6.45, 7) is 12.6. The molecule has 18 heavy (non-hydrogen) atoms. The van der Waals surface area contributed by atoms with Crippen LogP contribution in [0.2, 0.25) is 0 Å². The number of unbranched alkanes of at least 4 members (excludes halogenated alkanes) is 4. The third kappa shape index (κ3) is 6.55. The summed E-state index contributed by atoms with van der Waals surface area (Å²) < 4.78 is 5.43. The zero-order valence-corrected chi connectivity index (χ0v) is 13.0. The zero-order chi connectivity index (χ0) is 14.2. The molecule has 0 radical (unpaired) electrons. The molecule has 0 bridgehead atoms. The highest BCUT2D eigenvalue weighted by molar-refractivity contribution is 5.13. The Balaban J connectivity index is 4.11. The predicted molar refractivity (Wildman–Crippen MR) is 78.8 cm³/mol. The molecule has 0 saturated carbocycles. The molecule has 0 fully saturated rings. The van der Waals surface area contributed by atoms with E-state index < -0.39 is 6.10 Å². The Morgan fingerprint density at radius 2 is 1.72 bits per heavy atom. The Labute approximate surface area is 113 Å². The Morgan fingerprint density at radius 1 is 1.17 bits per heavy atom. The topological polar surface area (TPSA) is 29.5 Å². The molecule has 0 amide bonds. The van der Waals surface area contributed by atoms with Crippen LogP contribution >= 0.6 is 0 Å². The van der Waals surface area contributed by atoms with Crippen molar-refractivity contribution in [2.24, 2.45) is 5.41 Å². The molecular weight excluding hydrogens is 224 g/mol. The molecule has 2 atom stereocenters. The van der Waals surface area contributed by atoms with Crippen LogP contribution in [0.15, 0.2) is 12.2 Å². The molecule has 2 heteroatoms. The van der Waals surface area contributed by atoms with Crippen molar-refractivity contribution >= 4 is 0 Å². The van der Waals surface area contributed by atoms with E-state index in [9.17, 15) is 5.11 Å². The highest BCUT2D eigenvalue weighted by Gasteiger charge is 2.28.